The second-order valence-corrected chi connectivity index (χ2v) is 8.15. The highest BCUT2D eigenvalue weighted by Crippen LogP contribution is 2.34. The smallest absolute Gasteiger partial charge is 0.337 e. The topological polar surface area (TPSA) is 97.5 Å². The number of oxime groups is 1. The zero-order chi connectivity index (χ0) is 21.1. The predicted molar refractivity (Wildman–Crippen MR) is 116 cm³/mol. The number of H-pyrrole nitrogens is 1. The minimum atomic E-state index is -0.513. The van der Waals surface area contributed by atoms with Crippen molar-refractivity contribution in [3.8, 4) is 6.01 Å². The van der Waals surface area contributed by atoms with E-state index < -0.39 is 5.63 Å². The molecule has 1 N–H and O–H groups in total. The van der Waals surface area contributed by atoms with Gasteiger partial charge in [0.25, 0.3) is 5.56 Å². The average molecular weight is 409 g/mol. The van der Waals surface area contributed by atoms with Crippen LogP contribution < -0.4 is 16.0 Å². The third kappa shape index (κ3) is 4.61. The number of rotatable bonds is 7. The van der Waals surface area contributed by atoms with Gasteiger partial charge in [-0.25, -0.2) is 4.79 Å². The molecule has 7 heteroatoms. The third-order valence-corrected chi connectivity index (χ3v) is 5.74. The maximum Gasteiger partial charge on any atom is 0.337 e. The SMILES string of the molecule is C/C=C\C1=C(C)CCC/C1=N/Oc1nc2oc(=O)cc(CCCC3CC3)c2c(=O)[nH]1. The normalized spacial score (nSPS) is 18.7. The number of nitrogens with one attached hydrogen (secondary N) is 1. The van der Waals surface area contributed by atoms with Crippen LogP contribution in [0.4, 0.5) is 0 Å². The van der Waals surface area contributed by atoms with Crippen molar-refractivity contribution in [2.45, 2.75) is 65.2 Å². The van der Waals surface area contributed by atoms with Gasteiger partial charge < -0.3 is 9.25 Å². The Labute approximate surface area is 174 Å². The monoisotopic (exact) mass is 409 g/mol. The van der Waals surface area contributed by atoms with Gasteiger partial charge in [0.1, 0.15) is 5.39 Å². The number of hydrogen-bond donors (Lipinski definition) is 1. The highest BCUT2D eigenvalue weighted by Gasteiger charge is 2.21. The second kappa shape index (κ2) is 8.81. The number of fused-ring (bicyclic) bond motifs is 1. The first-order valence-corrected chi connectivity index (χ1v) is 10.7. The van der Waals surface area contributed by atoms with Crippen LogP contribution in [-0.2, 0) is 6.42 Å². The number of allylic oxidation sites excluding steroid dienone is 4. The Bertz CT molecular complexity index is 1150. The lowest BCUT2D eigenvalue weighted by atomic mass is 9.91. The molecule has 2 aliphatic rings. The predicted octanol–water partition coefficient (Wildman–Crippen LogP) is 4.42. The largest absolute Gasteiger partial charge is 0.403 e. The maximum absolute atomic E-state index is 12.7. The molecule has 0 aromatic carbocycles. The van der Waals surface area contributed by atoms with Gasteiger partial charge in [-0.05, 0) is 63.0 Å². The molecule has 0 bridgehead atoms. The molecule has 0 atom stereocenters. The second-order valence-electron chi connectivity index (χ2n) is 8.15. The molecule has 0 saturated heterocycles. The minimum absolute atomic E-state index is 0.00748. The Morgan fingerprint density at radius 2 is 2.17 bits per heavy atom. The van der Waals surface area contributed by atoms with E-state index in [-0.39, 0.29) is 17.3 Å². The van der Waals surface area contributed by atoms with Crippen LogP contribution in [0.3, 0.4) is 0 Å². The van der Waals surface area contributed by atoms with E-state index in [2.05, 4.69) is 22.0 Å². The van der Waals surface area contributed by atoms with E-state index in [1.165, 1.54) is 24.5 Å². The van der Waals surface area contributed by atoms with E-state index in [1.54, 1.807) is 0 Å². The van der Waals surface area contributed by atoms with E-state index in [9.17, 15) is 9.59 Å². The molecule has 0 unspecified atom stereocenters. The molecule has 7 nitrogen and oxygen atoms in total. The summed E-state index contributed by atoms with van der Waals surface area (Å²) in [7, 11) is 0. The highest BCUT2D eigenvalue weighted by molar-refractivity contribution is 6.03. The van der Waals surface area contributed by atoms with Gasteiger partial charge in [0.05, 0.1) is 5.71 Å². The zero-order valence-electron chi connectivity index (χ0n) is 17.5. The van der Waals surface area contributed by atoms with Crippen LogP contribution in [0.25, 0.3) is 11.1 Å². The standard InChI is InChI=1S/C23H27N3O4/c1-3-6-17-14(2)7-4-10-18(17)26-30-23-24-21(28)20-16(9-5-8-15-11-12-15)13-19(27)29-22(20)25-23/h3,6,13,15H,4-5,7-12H2,1-2H3,(H,24,25,28)/b6-3-,26-18-. The molecule has 0 amide bonds. The van der Waals surface area contributed by atoms with Gasteiger partial charge >= 0.3 is 11.6 Å². The highest BCUT2D eigenvalue weighted by atomic mass is 16.6. The Hall–Kier alpha value is -2.96. The quantitative estimate of drug-likeness (QED) is 0.683. The van der Waals surface area contributed by atoms with E-state index >= 15 is 0 Å². The van der Waals surface area contributed by atoms with Crippen molar-refractivity contribution < 1.29 is 9.25 Å². The van der Waals surface area contributed by atoms with E-state index in [0.717, 1.165) is 49.3 Å². The molecule has 1 saturated carbocycles. The summed E-state index contributed by atoms with van der Waals surface area (Å²) in [5.74, 6) is 0.803. The van der Waals surface area contributed by atoms with Gasteiger partial charge in [0.2, 0.25) is 5.71 Å². The van der Waals surface area contributed by atoms with Crippen LogP contribution in [0.1, 0.15) is 64.4 Å². The van der Waals surface area contributed by atoms with Crippen LogP contribution in [0.15, 0.2) is 48.5 Å². The van der Waals surface area contributed by atoms with Crippen LogP contribution in [-0.4, -0.2) is 15.7 Å². The molecule has 2 aromatic rings. The lowest BCUT2D eigenvalue weighted by molar-refractivity contribution is 0.309. The van der Waals surface area contributed by atoms with E-state index in [4.69, 9.17) is 9.25 Å². The molecule has 0 aliphatic heterocycles. The summed E-state index contributed by atoms with van der Waals surface area (Å²) >= 11 is 0. The van der Waals surface area contributed by atoms with Crippen molar-refractivity contribution in [1.29, 1.82) is 0 Å². The number of aryl methyl sites for hydroxylation is 1. The number of nitrogens with zero attached hydrogens (tertiary/aromatic N) is 2. The molecule has 0 spiro atoms. The molecule has 158 valence electrons. The summed E-state index contributed by atoms with van der Waals surface area (Å²) in [6, 6.07) is 1.31. The zero-order valence-corrected chi connectivity index (χ0v) is 17.5. The van der Waals surface area contributed by atoms with Gasteiger partial charge in [0.15, 0.2) is 0 Å². The van der Waals surface area contributed by atoms with Crippen molar-refractivity contribution in [1.82, 2.24) is 9.97 Å². The molecule has 2 aliphatic carbocycles. The van der Waals surface area contributed by atoms with Gasteiger partial charge in [-0.15, -0.1) is 0 Å². The molecule has 2 heterocycles. The third-order valence-electron chi connectivity index (χ3n) is 5.74. The molecule has 1 fully saturated rings. The summed E-state index contributed by atoms with van der Waals surface area (Å²) in [6.07, 6.45) is 12.1. The lowest BCUT2D eigenvalue weighted by Crippen LogP contribution is -2.16. The van der Waals surface area contributed by atoms with Crippen molar-refractivity contribution in [3.05, 3.63) is 55.7 Å². The summed E-state index contributed by atoms with van der Waals surface area (Å²) in [4.78, 5) is 37.0. The van der Waals surface area contributed by atoms with Crippen LogP contribution in [0.2, 0.25) is 0 Å². The number of aromatic nitrogens is 2. The summed E-state index contributed by atoms with van der Waals surface area (Å²) in [6.45, 7) is 4.04. The minimum Gasteiger partial charge on any atom is -0.403 e. The van der Waals surface area contributed by atoms with Crippen LogP contribution in [0.5, 0.6) is 6.01 Å². The Kier molecular flexibility index (Phi) is 5.97. The van der Waals surface area contributed by atoms with E-state index in [1.807, 2.05) is 19.1 Å². The van der Waals surface area contributed by atoms with Gasteiger partial charge in [-0.3, -0.25) is 9.78 Å². The van der Waals surface area contributed by atoms with Crippen molar-refractivity contribution in [3.63, 3.8) is 0 Å². The maximum atomic E-state index is 12.7. The van der Waals surface area contributed by atoms with Crippen molar-refractivity contribution >= 4 is 16.8 Å². The van der Waals surface area contributed by atoms with Crippen molar-refractivity contribution in [2.75, 3.05) is 0 Å². The van der Waals surface area contributed by atoms with Crippen LogP contribution >= 0.6 is 0 Å². The number of hydrogen-bond acceptors (Lipinski definition) is 6. The summed E-state index contributed by atoms with van der Waals surface area (Å²) < 4.78 is 5.20. The molecule has 4 rings (SSSR count). The van der Waals surface area contributed by atoms with E-state index in [0.29, 0.717) is 17.4 Å². The number of aromatic amines is 1. The molecule has 0 radical (unpaired) electrons. The van der Waals surface area contributed by atoms with Crippen LogP contribution in [0, 0.1) is 5.92 Å². The first-order chi connectivity index (χ1) is 14.5. The fourth-order valence-electron chi connectivity index (χ4n) is 3.99. The average Bonchev–Trinajstić information content (AvgIpc) is 3.52. The van der Waals surface area contributed by atoms with Crippen molar-refractivity contribution in [2.24, 2.45) is 11.1 Å². The molecule has 2 aromatic heterocycles. The Morgan fingerprint density at radius 1 is 1.33 bits per heavy atom. The Morgan fingerprint density at radius 3 is 2.93 bits per heavy atom. The first-order valence-electron chi connectivity index (χ1n) is 10.7. The van der Waals surface area contributed by atoms with Gasteiger partial charge in [0, 0.05) is 6.07 Å². The lowest BCUT2D eigenvalue weighted by Gasteiger charge is -2.16. The molecular weight excluding hydrogens is 382 g/mol. The first kappa shape index (κ1) is 20.3. The van der Waals surface area contributed by atoms with Gasteiger partial charge in [-0.2, -0.15) is 4.98 Å². The molecular formula is C23H27N3O4. The molecule has 30 heavy (non-hydrogen) atoms. The van der Waals surface area contributed by atoms with Gasteiger partial charge in [-0.1, -0.05) is 42.1 Å². The fraction of sp³-hybridized carbons (Fsp3) is 0.478. The summed E-state index contributed by atoms with van der Waals surface area (Å²) in [5, 5.41) is 4.54. The fourth-order valence-corrected chi connectivity index (χ4v) is 3.99. The summed E-state index contributed by atoms with van der Waals surface area (Å²) in [5.41, 5.74) is 2.89. The Balaban J connectivity index is 1.62.